The van der Waals surface area contributed by atoms with Gasteiger partial charge >= 0.3 is 11.8 Å². The standard InChI is InChI=1S/C30H33ClF3N7O5/c1-29(2,3)46-27(44)37-30(4,5)15-35-25(42)14-41-26(43)11-24(36-23-8-17-12-39(6)38-22(17)9-18(23)31)40(28(41)45)13-16-7-20(33)21(34)10-19(16)32/h7-12,36H,13-15H2,1-6H3,(H,35,42)(H,37,44). The fourth-order valence-corrected chi connectivity index (χ4v) is 4.62. The highest BCUT2D eigenvalue weighted by molar-refractivity contribution is 6.34. The van der Waals surface area contributed by atoms with Crippen molar-refractivity contribution in [2.75, 3.05) is 11.9 Å². The number of rotatable bonds is 9. The molecule has 0 spiro atoms. The van der Waals surface area contributed by atoms with E-state index in [4.69, 9.17) is 16.3 Å². The van der Waals surface area contributed by atoms with Gasteiger partial charge in [0, 0.05) is 42.9 Å². The number of aryl methyl sites for hydroxylation is 1. The van der Waals surface area contributed by atoms with Crippen LogP contribution in [-0.4, -0.2) is 48.6 Å². The molecule has 246 valence electrons. The van der Waals surface area contributed by atoms with Gasteiger partial charge in [0.05, 0.1) is 28.3 Å². The van der Waals surface area contributed by atoms with E-state index in [-0.39, 0.29) is 23.1 Å². The number of halogens is 4. The summed E-state index contributed by atoms with van der Waals surface area (Å²) in [7, 11) is 1.71. The molecule has 2 aromatic heterocycles. The highest BCUT2D eigenvalue weighted by atomic mass is 35.5. The van der Waals surface area contributed by atoms with Crippen molar-refractivity contribution in [1.29, 1.82) is 0 Å². The van der Waals surface area contributed by atoms with Crippen molar-refractivity contribution in [3.05, 3.63) is 85.4 Å². The van der Waals surface area contributed by atoms with E-state index in [1.165, 1.54) is 0 Å². The van der Waals surface area contributed by atoms with E-state index in [9.17, 15) is 32.3 Å². The predicted molar refractivity (Wildman–Crippen MR) is 166 cm³/mol. The Bertz CT molecular complexity index is 1950. The lowest BCUT2D eigenvalue weighted by molar-refractivity contribution is -0.122. The van der Waals surface area contributed by atoms with Crippen LogP contribution in [0.5, 0.6) is 0 Å². The molecule has 0 saturated heterocycles. The molecule has 0 aliphatic rings. The molecule has 0 atom stereocenters. The number of amides is 2. The number of hydrogen-bond acceptors (Lipinski definition) is 7. The average molecular weight is 664 g/mol. The smallest absolute Gasteiger partial charge is 0.408 e. The zero-order valence-corrected chi connectivity index (χ0v) is 26.7. The summed E-state index contributed by atoms with van der Waals surface area (Å²) in [5.74, 6) is -4.83. The molecule has 0 unspecified atom stereocenters. The van der Waals surface area contributed by atoms with Crippen molar-refractivity contribution < 1.29 is 27.5 Å². The molecule has 0 radical (unpaired) electrons. The maximum Gasteiger partial charge on any atom is 0.408 e. The number of ether oxygens (including phenoxy) is 1. The Balaban J connectivity index is 1.66. The van der Waals surface area contributed by atoms with Gasteiger partial charge < -0.3 is 20.7 Å². The van der Waals surface area contributed by atoms with Crippen LogP contribution in [0.15, 0.2) is 46.1 Å². The maximum atomic E-state index is 14.7. The van der Waals surface area contributed by atoms with Gasteiger partial charge in [0.1, 0.15) is 23.8 Å². The lowest BCUT2D eigenvalue weighted by Gasteiger charge is -2.28. The number of anilines is 2. The van der Waals surface area contributed by atoms with E-state index < -0.39 is 70.5 Å². The largest absolute Gasteiger partial charge is 0.444 e. The van der Waals surface area contributed by atoms with Crippen molar-refractivity contribution in [2.24, 2.45) is 7.05 Å². The van der Waals surface area contributed by atoms with Gasteiger partial charge in [0.25, 0.3) is 5.56 Å². The van der Waals surface area contributed by atoms with Crippen molar-refractivity contribution in [1.82, 2.24) is 29.5 Å². The first-order chi connectivity index (χ1) is 21.3. The number of nitrogens with zero attached hydrogens (tertiary/aromatic N) is 4. The van der Waals surface area contributed by atoms with Crippen molar-refractivity contribution >= 4 is 46.0 Å². The first-order valence-corrected chi connectivity index (χ1v) is 14.4. The summed E-state index contributed by atoms with van der Waals surface area (Å²) < 4.78 is 50.7. The minimum absolute atomic E-state index is 0.0942. The summed E-state index contributed by atoms with van der Waals surface area (Å²) in [5.41, 5.74) is -3.24. The fraction of sp³-hybridized carbons (Fsp3) is 0.367. The SMILES string of the molecule is Cn1cc2cc(Nc3cc(=O)n(CC(=O)NCC(C)(C)NC(=O)OC(C)(C)C)c(=O)n3Cc3cc(F)c(F)cc3F)c(Cl)cc2n1. The van der Waals surface area contributed by atoms with Gasteiger partial charge in [-0.3, -0.25) is 23.4 Å². The Morgan fingerprint density at radius 2 is 1.63 bits per heavy atom. The molecular weight excluding hydrogens is 631 g/mol. The molecule has 2 heterocycles. The lowest BCUT2D eigenvalue weighted by Crippen LogP contribution is -2.53. The zero-order valence-electron chi connectivity index (χ0n) is 25.9. The van der Waals surface area contributed by atoms with Crippen LogP contribution in [0, 0.1) is 17.5 Å². The van der Waals surface area contributed by atoms with Crippen molar-refractivity contribution in [3.8, 4) is 0 Å². The number of carbonyl (C=O) groups is 2. The number of alkyl carbamates (subject to hydrolysis) is 1. The summed E-state index contributed by atoms with van der Waals surface area (Å²) in [6.07, 6.45) is 1.00. The van der Waals surface area contributed by atoms with Crippen molar-refractivity contribution in [2.45, 2.75) is 58.8 Å². The first-order valence-electron chi connectivity index (χ1n) is 14.0. The van der Waals surface area contributed by atoms with Crippen LogP contribution in [-0.2, 0) is 29.7 Å². The van der Waals surface area contributed by atoms with Gasteiger partial charge in [-0.2, -0.15) is 5.10 Å². The number of aromatic nitrogens is 4. The van der Waals surface area contributed by atoms with E-state index in [1.54, 1.807) is 64.7 Å². The van der Waals surface area contributed by atoms with Crippen LogP contribution in [0.4, 0.5) is 29.5 Å². The summed E-state index contributed by atoms with van der Waals surface area (Å²) in [6, 6.07) is 5.10. The Morgan fingerprint density at radius 1 is 0.957 bits per heavy atom. The molecule has 2 aromatic carbocycles. The van der Waals surface area contributed by atoms with E-state index in [0.29, 0.717) is 27.6 Å². The number of hydrogen-bond donors (Lipinski definition) is 3. The zero-order chi connectivity index (χ0) is 34.1. The van der Waals surface area contributed by atoms with Gasteiger partial charge in [0.2, 0.25) is 5.91 Å². The molecule has 46 heavy (non-hydrogen) atoms. The molecule has 0 aliphatic carbocycles. The second-order valence-electron chi connectivity index (χ2n) is 12.3. The molecule has 3 N–H and O–H groups in total. The second kappa shape index (κ2) is 12.9. The number of nitrogens with one attached hydrogen (secondary N) is 3. The minimum atomic E-state index is -1.42. The van der Waals surface area contributed by atoms with Gasteiger partial charge in [-0.25, -0.2) is 22.8 Å². The molecule has 12 nitrogen and oxygen atoms in total. The van der Waals surface area contributed by atoms with Gasteiger partial charge in [-0.05, 0) is 52.8 Å². The van der Waals surface area contributed by atoms with E-state index in [1.807, 2.05) is 0 Å². The third-order valence-corrected chi connectivity index (χ3v) is 6.85. The molecule has 16 heteroatoms. The topological polar surface area (TPSA) is 141 Å². The van der Waals surface area contributed by atoms with E-state index in [0.717, 1.165) is 10.6 Å². The molecular formula is C30H33ClF3N7O5. The number of fused-ring (bicyclic) bond motifs is 1. The van der Waals surface area contributed by atoms with Crippen LogP contribution in [0.1, 0.15) is 40.2 Å². The molecule has 0 saturated carbocycles. The van der Waals surface area contributed by atoms with E-state index in [2.05, 4.69) is 21.0 Å². The third-order valence-electron chi connectivity index (χ3n) is 6.54. The van der Waals surface area contributed by atoms with E-state index >= 15 is 0 Å². The van der Waals surface area contributed by atoms with Crippen LogP contribution >= 0.6 is 11.6 Å². The Kier molecular flexibility index (Phi) is 9.56. The molecule has 2 amide bonds. The van der Waals surface area contributed by atoms with Gasteiger partial charge in [-0.1, -0.05) is 11.6 Å². The molecule has 0 bridgehead atoms. The monoisotopic (exact) mass is 663 g/mol. The summed E-state index contributed by atoms with van der Waals surface area (Å²) in [6.45, 7) is 6.85. The lowest BCUT2D eigenvalue weighted by atomic mass is 10.1. The summed E-state index contributed by atoms with van der Waals surface area (Å²) >= 11 is 6.43. The fourth-order valence-electron chi connectivity index (χ4n) is 4.42. The summed E-state index contributed by atoms with van der Waals surface area (Å²) in [5, 5.41) is 13.2. The van der Waals surface area contributed by atoms with Gasteiger partial charge in [0.15, 0.2) is 11.6 Å². The third kappa shape index (κ3) is 8.27. The normalized spacial score (nSPS) is 11.9. The Labute approximate surface area is 266 Å². The molecule has 0 aliphatic heterocycles. The predicted octanol–water partition coefficient (Wildman–Crippen LogP) is 4.18. The minimum Gasteiger partial charge on any atom is -0.444 e. The van der Waals surface area contributed by atoms with Crippen LogP contribution in [0.2, 0.25) is 5.02 Å². The quantitative estimate of drug-likeness (QED) is 0.228. The Morgan fingerprint density at radius 3 is 2.30 bits per heavy atom. The maximum absolute atomic E-state index is 14.7. The second-order valence-corrected chi connectivity index (χ2v) is 12.7. The number of carbonyl (C=O) groups excluding carboxylic acids is 2. The average Bonchev–Trinajstić information content (AvgIpc) is 3.27. The molecule has 4 aromatic rings. The molecule has 0 fully saturated rings. The van der Waals surface area contributed by atoms with Crippen molar-refractivity contribution in [3.63, 3.8) is 0 Å². The Hall–Kier alpha value is -4.79. The highest BCUT2D eigenvalue weighted by Crippen LogP contribution is 2.30. The molecule has 4 rings (SSSR count). The van der Waals surface area contributed by atoms with Crippen LogP contribution < -0.4 is 27.2 Å². The van der Waals surface area contributed by atoms with Crippen LogP contribution in [0.25, 0.3) is 10.9 Å². The van der Waals surface area contributed by atoms with Crippen LogP contribution in [0.3, 0.4) is 0 Å². The first kappa shape index (κ1) is 34.1. The number of benzene rings is 2. The summed E-state index contributed by atoms with van der Waals surface area (Å²) in [4.78, 5) is 51.9. The highest BCUT2D eigenvalue weighted by Gasteiger charge is 2.26. The van der Waals surface area contributed by atoms with Gasteiger partial charge in [-0.15, -0.1) is 0 Å².